The second-order valence-electron chi connectivity index (χ2n) is 12.0. The minimum Gasteiger partial charge on any atom is -0.303 e. The molecule has 1 aromatic carbocycles. The van der Waals surface area contributed by atoms with E-state index in [-0.39, 0.29) is 16.9 Å². The summed E-state index contributed by atoms with van der Waals surface area (Å²) in [5.41, 5.74) is 0.800. The zero-order valence-electron chi connectivity index (χ0n) is 20.8. The van der Waals surface area contributed by atoms with E-state index in [1.54, 1.807) is 12.1 Å². The number of likely N-dealkylation sites (tertiary alicyclic amines) is 1. The third-order valence-electron chi connectivity index (χ3n) is 6.73. The van der Waals surface area contributed by atoms with E-state index < -0.39 is 11.7 Å². The Morgan fingerprint density at radius 2 is 1.50 bits per heavy atom. The number of nitrogens with zero attached hydrogens (tertiary/aromatic N) is 1. The van der Waals surface area contributed by atoms with Gasteiger partial charge in [0, 0.05) is 18.5 Å². The summed E-state index contributed by atoms with van der Waals surface area (Å²) in [7, 11) is 0. The number of piperidine rings is 1. The lowest BCUT2D eigenvalue weighted by Gasteiger charge is -2.45. The lowest BCUT2D eigenvalue weighted by molar-refractivity contribution is -0.137. The molecule has 1 aliphatic rings. The lowest BCUT2D eigenvalue weighted by atomic mass is 9.80. The van der Waals surface area contributed by atoms with Gasteiger partial charge in [0.05, 0.1) is 5.56 Å². The van der Waals surface area contributed by atoms with Crippen molar-refractivity contribution >= 4 is 6.29 Å². The number of hydrogen-bond donors (Lipinski definition) is 0. The number of aldehydes is 1. The van der Waals surface area contributed by atoms with E-state index in [0.29, 0.717) is 18.4 Å². The van der Waals surface area contributed by atoms with E-state index in [2.05, 4.69) is 46.4 Å². The van der Waals surface area contributed by atoms with Crippen molar-refractivity contribution in [3.8, 4) is 0 Å². The van der Waals surface area contributed by atoms with Gasteiger partial charge in [-0.15, -0.1) is 0 Å². The molecule has 0 N–H and O–H groups in total. The van der Waals surface area contributed by atoms with Crippen LogP contribution in [0.3, 0.4) is 0 Å². The Balaban J connectivity index is 2.33. The van der Waals surface area contributed by atoms with Crippen molar-refractivity contribution in [1.82, 2.24) is 4.90 Å². The maximum atomic E-state index is 13.1. The molecule has 1 saturated heterocycles. The quantitative estimate of drug-likeness (QED) is 0.371. The number of benzene rings is 1. The molecule has 0 unspecified atom stereocenters. The van der Waals surface area contributed by atoms with Gasteiger partial charge in [-0.2, -0.15) is 13.2 Å². The Labute approximate surface area is 193 Å². The average Bonchev–Trinajstić information content (AvgIpc) is 2.66. The highest BCUT2D eigenvalue weighted by atomic mass is 19.4. The first-order valence-electron chi connectivity index (χ1n) is 12.1. The molecule has 0 radical (unpaired) electrons. The Morgan fingerprint density at radius 3 is 1.94 bits per heavy atom. The first-order chi connectivity index (χ1) is 14.7. The number of alkyl halides is 3. The van der Waals surface area contributed by atoms with Gasteiger partial charge in [-0.1, -0.05) is 53.7 Å². The Kier molecular flexibility index (Phi) is 9.00. The number of carbonyl (C=O) groups is 1. The molecule has 0 spiro atoms. The summed E-state index contributed by atoms with van der Waals surface area (Å²) in [6.45, 7) is 14.5. The molecule has 0 amide bonds. The lowest BCUT2D eigenvalue weighted by Crippen LogP contribution is -2.44. The molecule has 1 fully saturated rings. The van der Waals surface area contributed by atoms with E-state index in [0.717, 1.165) is 56.9 Å². The van der Waals surface area contributed by atoms with Crippen molar-refractivity contribution in [2.45, 2.75) is 105 Å². The molecule has 2 atom stereocenters. The van der Waals surface area contributed by atoms with Gasteiger partial charge in [-0.25, -0.2) is 0 Å². The second kappa shape index (κ2) is 10.7. The van der Waals surface area contributed by atoms with Crippen LogP contribution in [0.1, 0.15) is 104 Å². The second-order valence-corrected chi connectivity index (χ2v) is 12.0. The van der Waals surface area contributed by atoms with Crippen LogP contribution in [0.15, 0.2) is 24.3 Å². The summed E-state index contributed by atoms with van der Waals surface area (Å²) in [6.07, 6.45) is 3.35. The van der Waals surface area contributed by atoms with Gasteiger partial charge in [-0.05, 0) is 79.5 Å². The zero-order chi connectivity index (χ0) is 24.2. The molecule has 1 heterocycles. The van der Waals surface area contributed by atoms with Gasteiger partial charge in [0.15, 0.2) is 0 Å². The van der Waals surface area contributed by atoms with E-state index in [4.69, 9.17) is 0 Å². The van der Waals surface area contributed by atoms with Crippen LogP contribution in [0.5, 0.6) is 0 Å². The highest BCUT2D eigenvalue weighted by Crippen LogP contribution is 2.41. The van der Waals surface area contributed by atoms with Gasteiger partial charge in [0.25, 0.3) is 0 Å². The molecular weight excluding hydrogens is 411 g/mol. The monoisotopic (exact) mass is 453 g/mol. The number of halogens is 3. The van der Waals surface area contributed by atoms with E-state index in [9.17, 15) is 18.0 Å². The molecule has 182 valence electrons. The molecule has 0 bridgehead atoms. The summed E-state index contributed by atoms with van der Waals surface area (Å²) in [6, 6.07) is 6.15. The number of rotatable bonds is 8. The molecule has 1 aromatic rings. The molecule has 0 aromatic heterocycles. The Hall–Kier alpha value is -1.36. The molecule has 2 rings (SSSR count). The van der Waals surface area contributed by atoms with Gasteiger partial charge in [0.1, 0.15) is 6.29 Å². The Morgan fingerprint density at radius 1 is 0.969 bits per heavy atom. The fourth-order valence-electron chi connectivity index (χ4n) is 4.74. The number of hydrogen-bond acceptors (Lipinski definition) is 2. The summed E-state index contributed by atoms with van der Waals surface area (Å²) >= 11 is 0. The summed E-state index contributed by atoms with van der Waals surface area (Å²) in [5, 5.41) is 0. The van der Waals surface area contributed by atoms with Crippen LogP contribution >= 0.6 is 0 Å². The van der Waals surface area contributed by atoms with E-state index in [1.807, 2.05) is 0 Å². The molecule has 1 aliphatic heterocycles. The minimum atomic E-state index is -4.33. The zero-order valence-corrected chi connectivity index (χ0v) is 20.8. The predicted octanol–water partition coefficient (Wildman–Crippen LogP) is 8.07. The van der Waals surface area contributed by atoms with Crippen molar-refractivity contribution in [2.24, 2.45) is 16.7 Å². The van der Waals surface area contributed by atoms with Crippen molar-refractivity contribution in [3.05, 3.63) is 35.4 Å². The van der Waals surface area contributed by atoms with Crippen molar-refractivity contribution in [2.75, 3.05) is 6.54 Å². The molecular formula is C27H42F3NO. The highest BCUT2D eigenvalue weighted by molar-refractivity contribution is 5.49. The average molecular weight is 454 g/mol. The summed E-state index contributed by atoms with van der Waals surface area (Å²) in [4.78, 5) is 13.7. The van der Waals surface area contributed by atoms with Crippen LogP contribution in [0.4, 0.5) is 13.2 Å². The van der Waals surface area contributed by atoms with Crippen LogP contribution in [-0.4, -0.2) is 23.8 Å². The summed E-state index contributed by atoms with van der Waals surface area (Å²) < 4.78 is 39.3. The normalized spacial score (nSPS) is 21.2. The van der Waals surface area contributed by atoms with Gasteiger partial charge >= 0.3 is 6.18 Å². The third kappa shape index (κ3) is 8.53. The maximum absolute atomic E-state index is 13.1. The molecule has 0 aliphatic carbocycles. The smallest absolute Gasteiger partial charge is 0.303 e. The molecule has 32 heavy (non-hydrogen) atoms. The van der Waals surface area contributed by atoms with Crippen LogP contribution < -0.4 is 0 Å². The standard InChI is InChI=1S/C27H42F3NO/c1-25(2,3)15-11-23(12-16-26(4,5)6)31-17-13-20(14-18-32)19-24(31)21-7-9-22(10-8-21)27(28,29)30/h7-10,18,20,23-24H,11-17,19H2,1-6H3/t20-,24-/m0/s1. The molecule has 2 nitrogen and oxygen atoms in total. The third-order valence-corrected chi connectivity index (χ3v) is 6.73. The number of carbonyl (C=O) groups excluding carboxylic acids is 1. The van der Waals surface area contributed by atoms with Crippen LogP contribution in [0.2, 0.25) is 0 Å². The SMILES string of the molecule is CC(C)(C)CCC(CCC(C)(C)C)N1CC[C@@H](CC=O)C[C@H]1c1ccc(C(F)(F)F)cc1. The Bertz CT molecular complexity index is 694. The van der Waals surface area contributed by atoms with Crippen molar-refractivity contribution in [3.63, 3.8) is 0 Å². The predicted molar refractivity (Wildman–Crippen MR) is 125 cm³/mol. The topological polar surface area (TPSA) is 20.3 Å². The van der Waals surface area contributed by atoms with E-state index in [1.165, 1.54) is 12.1 Å². The summed E-state index contributed by atoms with van der Waals surface area (Å²) in [5.74, 6) is 0.293. The van der Waals surface area contributed by atoms with E-state index >= 15 is 0 Å². The first kappa shape index (κ1) is 26.9. The molecule has 0 saturated carbocycles. The largest absolute Gasteiger partial charge is 0.416 e. The first-order valence-corrected chi connectivity index (χ1v) is 12.1. The van der Waals surface area contributed by atoms with Gasteiger partial charge < -0.3 is 4.79 Å². The fourth-order valence-corrected chi connectivity index (χ4v) is 4.74. The maximum Gasteiger partial charge on any atom is 0.416 e. The highest BCUT2D eigenvalue weighted by Gasteiger charge is 2.36. The van der Waals surface area contributed by atoms with Crippen molar-refractivity contribution in [1.29, 1.82) is 0 Å². The fraction of sp³-hybridized carbons (Fsp3) is 0.741. The molecule has 5 heteroatoms. The van der Waals surface area contributed by atoms with Crippen LogP contribution in [0.25, 0.3) is 0 Å². The van der Waals surface area contributed by atoms with Crippen molar-refractivity contribution < 1.29 is 18.0 Å². The van der Waals surface area contributed by atoms with Gasteiger partial charge in [0.2, 0.25) is 0 Å². The van der Waals surface area contributed by atoms with Crippen LogP contribution in [0, 0.1) is 16.7 Å². The van der Waals surface area contributed by atoms with Crippen LogP contribution in [-0.2, 0) is 11.0 Å². The minimum absolute atomic E-state index is 0.0564. The van der Waals surface area contributed by atoms with Gasteiger partial charge in [-0.3, -0.25) is 4.90 Å².